The van der Waals surface area contributed by atoms with Crippen LogP contribution >= 0.6 is 11.6 Å². The highest BCUT2D eigenvalue weighted by atomic mass is 35.5. The van der Waals surface area contributed by atoms with Crippen molar-refractivity contribution in [3.63, 3.8) is 0 Å². The molecule has 0 aliphatic rings. The Kier molecular flexibility index (Phi) is 8.79. The summed E-state index contributed by atoms with van der Waals surface area (Å²) in [7, 11) is -2.26. The molecule has 0 radical (unpaired) electrons. The molecule has 2 amide bonds. The van der Waals surface area contributed by atoms with Crippen LogP contribution in [-0.2, 0) is 26.2 Å². The van der Waals surface area contributed by atoms with Crippen LogP contribution in [0.3, 0.4) is 0 Å². The first-order valence-corrected chi connectivity index (χ1v) is 11.7. The minimum absolute atomic E-state index is 0.0919. The molecular formula is C22H26ClN3O4S. The first-order valence-electron chi connectivity index (χ1n) is 9.52. The molecule has 0 aromatic heterocycles. The van der Waals surface area contributed by atoms with Gasteiger partial charge in [-0.3, -0.25) is 9.59 Å². The standard InChI is InChI=1S/C22H26ClN3O4S/c1-4-14-24-22(28)21(18-8-6-5-7-9-18)26(15-17-10-12-19(23)13-11-17)20(27)16-25(2)31(3,29)30/h4-13,21H,1,14-16H2,2-3H3,(H,24,28)/t21-/m0/s1. The van der Waals surface area contributed by atoms with Crippen LogP contribution in [0.4, 0.5) is 0 Å². The third-order valence-electron chi connectivity index (χ3n) is 4.61. The molecule has 0 saturated heterocycles. The summed E-state index contributed by atoms with van der Waals surface area (Å²) in [6.45, 7) is 3.53. The second kappa shape index (κ2) is 11.1. The quantitative estimate of drug-likeness (QED) is 0.549. The lowest BCUT2D eigenvalue weighted by Crippen LogP contribution is -2.47. The van der Waals surface area contributed by atoms with Gasteiger partial charge in [0.2, 0.25) is 21.8 Å². The molecule has 0 aliphatic heterocycles. The maximum atomic E-state index is 13.3. The molecule has 0 saturated carbocycles. The van der Waals surface area contributed by atoms with E-state index < -0.39 is 34.4 Å². The molecule has 0 fully saturated rings. The van der Waals surface area contributed by atoms with E-state index in [0.29, 0.717) is 10.6 Å². The lowest BCUT2D eigenvalue weighted by Gasteiger charge is -2.32. The number of hydrogen-bond donors (Lipinski definition) is 1. The van der Waals surface area contributed by atoms with Gasteiger partial charge in [-0.2, -0.15) is 4.31 Å². The average molecular weight is 464 g/mol. The fourth-order valence-corrected chi connectivity index (χ4v) is 3.36. The molecule has 2 aromatic rings. The van der Waals surface area contributed by atoms with Gasteiger partial charge in [0.1, 0.15) is 6.04 Å². The number of rotatable bonds is 10. The van der Waals surface area contributed by atoms with E-state index in [-0.39, 0.29) is 13.1 Å². The number of amides is 2. The summed E-state index contributed by atoms with van der Waals surface area (Å²) < 4.78 is 24.7. The number of carbonyl (C=O) groups is 2. The largest absolute Gasteiger partial charge is 0.351 e. The van der Waals surface area contributed by atoms with Crippen molar-refractivity contribution < 1.29 is 18.0 Å². The summed E-state index contributed by atoms with van der Waals surface area (Å²) in [5.74, 6) is -0.902. The summed E-state index contributed by atoms with van der Waals surface area (Å²) in [6, 6.07) is 14.8. The first-order chi connectivity index (χ1) is 14.6. The fourth-order valence-electron chi connectivity index (χ4n) is 2.89. The van der Waals surface area contributed by atoms with Crippen molar-refractivity contribution in [2.75, 3.05) is 26.4 Å². The predicted molar refractivity (Wildman–Crippen MR) is 122 cm³/mol. The number of carbonyl (C=O) groups excluding carboxylic acids is 2. The molecule has 7 nitrogen and oxygen atoms in total. The van der Waals surface area contributed by atoms with E-state index in [1.807, 2.05) is 6.07 Å². The van der Waals surface area contributed by atoms with Gasteiger partial charge in [-0.05, 0) is 23.3 Å². The zero-order chi connectivity index (χ0) is 23.0. The van der Waals surface area contributed by atoms with Crippen LogP contribution < -0.4 is 5.32 Å². The number of hydrogen-bond acceptors (Lipinski definition) is 4. The Morgan fingerprint density at radius 3 is 2.29 bits per heavy atom. The average Bonchev–Trinajstić information content (AvgIpc) is 2.73. The maximum absolute atomic E-state index is 13.3. The highest BCUT2D eigenvalue weighted by molar-refractivity contribution is 7.88. The van der Waals surface area contributed by atoms with Crippen molar-refractivity contribution in [3.05, 3.63) is 83.4 Å². The zero-order valence-corrected chi connectivity index (χ0v) is 19.1. The van der Waals surface area contributed by atoms with E-state index >= 15 is 0 Å². The highest BCUT2D eigenvalue weighted by Crippen LogP contribution is 2.25. The van der Waals surface area contributed by atoms with E-state index in [4.69, 9.17) is 11.6 Å². The van der Waals surface area contributed by atoms with Gasteiger partial charge >= 0.3 is 0 Å². The molecule has 9 heteroatoms. The van der Waals surface area contributed by atoms with Gasteiger partial charge in [-0.15, -0.1) is 6.58 Å². The molecule has 166 valence electrons. The molecular weight excluding hydrogens is 438 g/mol. The van der Waals surface area contributed by atoms with Crippen molar-refractivity contribution in [2.24, 2.45) is 0 Å². The summed E-state index contributed by atoms with van der Waals surface area (Å²) in [6.07, 6.45) is 2.57. The van der Waals surface area contributed by atoms with E-state index in [1.165, 1.54) is 11.9 Å². The third-order valence-corrected chi connectivity index (χ3v) is 6.12. The van der Waals surface area contributed by atoms with Crippen LogP contribution in [0.5, 0.6) is 0 Å². The molecule has 2 rings (SSSR count). The smallest absolute Gasteiger partial charge is 0.247 e. The molecule has 0 unspecified atom stereocenters. The normalized spacial score (nSPS) is 12.3. The number of nitrogens with zero attached hydrogens (tertiary/aromatic N) is 2. The number of benzene rings is 2. The van der Waals surface area contributed by atoms with Crippen LogP contribution in [0.2, 0.25) is 5.02 Å². The molecule has 0 bridgehead atoms. The van der Waals surface area contributed by atoms with Gasteiger partial charge in [0.15, 0.2) is 0 Å². The molecule has 0 spiro atoms. The summed E-state index contributed by atoms with van der Waals surface area (Å²) >= 11 is 5.97. The highest BCUT2D eigenvalue weighted by Gasteiger charge is 2.32. The molecule has 0 heterocycles. The van der Waals surface area contributed by atoms with E-state index in [1.54, 1.807) is 54.6 Å². The van der Waals surface area contributed by atoms with Gasteiger partial charge in [0.05, 0.1) is 12.8 Å². The second-order valence-corrected chi connectivity index (χ2v) is 9.54. The Hall–Kier alpha value is -2.68. The third kappa shape index (κ3) is 7.20. The zero-order valence-electron chi connectivity index (χ0n) is 17.5. The van der Waals surface area contributed by atoms with E-state index in [0.717, 1.165) is 16.1 Å². The van der Waals surface area contributed by atoms with Crippen molar-refractivity contribution in [2.45, 2.75) is 12.6 Å². The van der Waals surface area contributed by atoms with Crippen LogP contribution in [0.15, 0.2) is 67.3 Å². The fraction of sp³-hybridized carbons (Fsp3) is 0.273. The Bertz CT molecular complexity index is 1010. The van der Waals surface area contributed by atoms with Gasteiger partial charge in [0, 0.05) is 25.2 Å². The van der Waals surface area contributed by atoms with Crippen molar-refractivity contribution in [1.82, 2.24) is 14.5 Å². The minimum atomic E-state index is -3.58. The lowest BCUT2D eigenvalue weighted by atomic mass is 10.0. The maximum Gasteiger partial charge on any atom is 0.247 e. The van der Waals surface area contributed by atoms with Gasteiger partial charge < -0.3 is 10.2 Å². The lowest BCUT2D eigenvalue weighted by molar-refractivity contribution is -0.141. The van der Waals surface area contributed by atoms with Gasteiger partial charge in [-0.25, -0.2) is 8.42 Å². The van der Waals surface area contributed by atoms with Crippen LogP contribution in [0.25, 0.3) is 0 Å². The van der Waals surface area contributed by atoms with Crippen LogP contribution in [0.1, 0.15) is 17.2 Å². The Balaban J connectivity index is 2.48. The predicted octanol–water partition coefficient (Wildman–Crippen LogP) is 2.60. The van der Waals surface area contributed by atoms with Crippen LogP contribution in [0, 0.1) is 0 Å². The Morgan fingerprint density at radius 2 is 1.74 bits per heavy atom. The molecule has 0 aliphatic carbocycles. The SMILES string of the molecule is C=CCNC(=O)[C@H](c1ccccc1)N(Cc1ccc(Cl)cc1)C(=O)CN(C)S(C)(=O)=O. The van der Waals surface area contributed by atoms with Crippen LogP contribution in [-0.4, -0.2) is 55.8 Å². The van der Waals surface area contributed by atoms with Gasteiger partial charge in [-0.1, -0.05) is 60.1 Å². The minimum Gasteiger partial charge on any atom is -0.351 e. The molecule has 1 atom stereocenters. The van der Waals surface area contributed by atoms with Crippen molar-refractivity contribution >= 4 is 33.4 Å². The van der Waals surface area contributed by atoms with E-state index in [9.17, 15) is 18.0 Å². The van der Waals surface area contributed by atoms with Gasteiger partial charge in [0.25, 0.3) is 0 Å². The number of nitrogens with one attached hydrogen (secondary N) is 1. The number of likely N-dealkylation sites (N-methyl/N-ethyl adjacent to an activating group) is 1. The Morgan fingerprint density at radius 1 is 1.13 bits per heavy atom. The summed E-state index contributed by atoms with van der Waals surface area (Å²) in [5.41, 5.74) is 1.35. The number of sulfonamides is 1. The summed E-state index contributed by atoms with van der Waals surface area (Å²) in [5, 5.41) is 3.28. The van der Waals surface area contributed by atoms with Crippen molar-refractivity contribution in [3.8, 4) is 0 Å². The summed E-state index contributed by atoms with van der Waals surface area (Å²) in [4.78, 5) is 27.7. The molecule has 2 aromatic carbocycles. The van der Waals surface area contributed by atoms with E-state index in [2.05, 4.69) is 11.9 Å². The first kappa shape index (κ1) is 24.6. The Labute approximate surface area is 188 Å². The molecule has 1 N–H and O–H groups in total. The molecule has 31 heavy (non-hydrogen) atoms. The topological polar surface area (TPSA) is 86.8 Å². The van der Waals surface area contributed by atoms with Crippen molar-refractivity contribution in [1.29, 1.82) is 0 Å². The second-order valence-electron chi connectivity index (χ2n) is 7.01. The number of halogens is 1. The monoisotopic (exact) mass is 463 g/mol.